The molecule has 2 N–H and O–H groups in total. The number of thiol groups is 1. The second-order valence-electron chi connectivity index (χ2n) is 2.93. The number of benzene rings is 1. The van der Waals surface area contributed by atoms with Crippen LogP contribution >= 0.6 is 12.6 Å². The maximum atomic E-state index is 8.89. The number of aliphatic hydroxyl groups excluding tert-OH is 1. The SMILES string of the molecule is OC[C@H](CS)NCc1ccccc1. The van der Waals surface area contributed by atoms with E-state index in [1.165, 1.54) is 5.56 Å². The van der Waals surface area contributed by atoms with Gasteiger partial charge in [0.15, 0.2) is 0 Å². The third-order valence-electron chi connectivity index (χ3n) is 1.88. The molecule has 0 heterocycles. The van der Waals surface area contributed by atoms with E-state index >= 15 is 0 Å². The van der Waals surface area contributed by atoms with Crippen molar-refractivity contribution in [3.63, 3.8) is 0 Å². The highest BCUT2D eigenvalue weighted by molar-refractivity contribution is 7.80. The molecule has 3 heteroatoms. The van der Waals surface area contributed by atoms with Gasteiger partial charge in [-0.05, 0) is 5.56 Å². The van der Waals surface area contributed by atoms with Crippen LogP contribution in [0.5, 0.6) is 0 Å². The van der Waals surface area contributed by atoms with Crippen LogP contribution in [-0.2, 0) is 6.54 Å². The molecule has 0 radical (unpaired) electrons. The van der Waals surface area contributed by atoms with E-state index in [4.69, 9.17) is 5.11 Å². The second-order valence-corrected chi connectivity index (χ2v) is 3.29. The van der Waals surface area contributed by atoms with Gasteiger partial charge in [-0.25, -0.2) is 0 Å². The predicted octanol–water partition coefficient (Wildman–Crippen LogP) is 1.07. The first-order valence-electron chi connectivity index (χ1n) is 4.36. The van der Waals surface area contributed by atoms with Crippen molar-refractivity contribution >= 4 is 12.6 Å². The van der Waals surface area contributed by atoms with Crippen molar-refractivity contribution in [2.24, 2.45) is 0 Å². The van der Waals surface area contributed by atoms with Crippen molar-refractivity contribution in [2.75, 3.05) is 12.4 Å². The number of aliphatic hydroxyl groups is 1. The molecule has 72 valence electrons. The van der Waals surface area contributed by atoms with E-state index in [0.29, 0.717) is 5.75 Å². The molecule has 0 fully saturated rings. The molecule has 0 saturated carbocycles. The Labute approximate surface area is 84.4 Å². The topological polar surface area (TPSA) is 32.3 Å². The van der Waals surface area contributed by atoms with E-state index in [0.717, 1.165) is 6.54 Å². The normalized spacial score (nSPS) is 12.8. The van der Waals surface area contributed by atoms with E-state index in [1.54, 1.807) is 0 Å². The van der Waals surface area contributed by atoms with Gasteiger partial charge in [0.1, 0.15) is 0 Å². The van der Waals surface area contributed by atoms with Crippen LogP contribution in [0, 0.1) is 0 Å². The van der Waals surface area contributed by atoms with Crippen molar-refractivity contribution in [3.8, 4) is 0 Å². The zero-order chi connectivity index (χ0) is 9.52. The van der Waals surface area contributed by atoms with Gasteiger partial charge in [-0.2, -0.15) is 12.6 Å². The summed E-state index contributed by atoms with van der Waals surface area (Å²) in [6.45, 7) is 0.920. The van der Waals surface area contributed by atoms with Crippen LogP contribution < -0.4 is 5.32 Å². The number of hydrogen-bond acceptors (Lipinski definition) is 3. The van der Waals surface area contributed by atoms with Crippen LogP contribution in [0.4, 0.5) is 0 Å². The maximum absolute atomic E-state index is 8.89. The predicted molar refractivity (Wildman–Crippen MR) is 58.0 cm³/mol. The van der Waals surface area contributed by atoms with Crippen LogP contribution in [0.2, 0.25) is 0 Å². The standard InChI is InChI=1S/C10H15NOS/c12-7-10(8-13)11-6-9-4-2-1-3-5-9/h1-5,10-13H,6-8H2/t10-/m1/s1. The lowest BCUT2D eigenvalue weighted by Crippen LogP contribution is -2.33. The lowest BCUT2D eigenvalue weighted by molar-refractivity contribution is 0.253. The first kappa shape index (κ1) is 10.6. The van der Waals surface area contributed by atoms with Gasteiger partial charge in [-0.15, -0.1) is 0 Å². The van der Waals surface area contributed by atoms with Gasteiger partial charge in [-0.3, -0.25) is 0 Å². The second kappa shape index (κ2) is 6.02. The van der Waals surface area contributed by atoms with Gasteiger partial charge in [-0.1, -0.05) is 30.3 Å². The van der Waals surface area contributed by atoms with Gasteiger partial charge < -0.3 is 10.4 Å². The van der Waals surface area contributed by atoms with E-state index < -0.39 is 0 Å². The van der Waals surface area contributed by atoms with Crippen LogP contribution in [0.3, 0.4) is 0 Å². The molecule has 0 aliphatic heterocycles. The largest absolute Gasteiger partial charge is 0.395 e. The zero-order valence-corrected chi connectivity index (χ0v) is 8.37. The maximum Gasteiger partial charge on any atom is 0.0592 e. The first-order valence-corrected chi connectivity index (χ1v) is 4.99. The number of rotatable bonds is 5. The van der Waals surface area contributed by atoms with Gasteiger partial charge in [0.25, 0.3) is 0 Å². The molecule has 0 bridgehead atoms. The summed E-state index contributed by atoms with van der Waals surface area (Å²) >= 11 is 4.12. The summed E-state index contributed by atoms with van der Waals surface area (Å²) in [5, 5.41) is 12.1. The molecule has 0 aromatic heterocycles. The van der Waals surface area contributed by atoms with Crippen molar-refractivity contribution in [2.45, 2.75) is 12.6 Å². The summed E-state index contributed by atoms with van der Waals surface area (Å²) in [6, 6.07) is 10.2. The smallest absolute Gasteiger partial charge is 0.0592 e. The summed E-state index contributed by atoms with van der Waals surface area (Å²) < 4.78 is 0. The molecular formula is C10H15NOS. The Morgan fingerprint density at radius 1 is 1.31 bits per heavy atom. The molecule has 1 aromatic carbocycles. The highest BCUT2D eigenvalue weighted by Gasteiger charge is 2.02. The molecule has 0 amide bonds. The zero-order valence-electron chi connectivity index (χ0n) is 7.48. The Hall–Kier alpha value is -0.510. The van der Waals surface area contributed by atoms with Crippen molar-refractivity contribution in [1.82, 2.24) is 5.32 Å². The van der Waals surface area contributed by atoms with E-state index in [-0.39, 0.29) is 12.6 Å². The highest BCUT2D eigenvalue weighted by Crippen LogP contribution is 1.98. The van der Waals surface area contributed by atoms with Crippen LogP contribution in [-0.4, -0.2) is 23.5 Å². The van der Waals surface area contributed by atoms with Gasteiger partial charge in [0.05, 0.1) is 6.61 Å². The van der Waals surface area contributed by atoms with Crippen molar-refractivity contribution in [1.29, 1.82) is 0 Å². The average molecular weight is 197 g/mol. The summed E-state index contributed by atoms with van der Waals surface area (Å²) in [5.41, 5.74) is 1.22. The van der Waals surface area contributed by atoms with E-state index in [1.807, 2.05) is 18.2 Å². The fourth-order valence-corrected chi connectivity index (χ4v) is 1.29. The van der Waals surface area contributed by atoms with Gasteiger partial charge >= 0.3 is 0 Å². The molecule has 0 saturated heterocycles. The Balaban J connectivity index is 2.34. The first-order chi connectivity index (χ1) is 6.36. The summed E-state index contributed by atoms with van der Waals surface area (Å²) in [7, 11) is 0. The summed E-state index contributed by atoms with van der Waals surface area (Å²) in [5.74, 6) is 0.656. The molecule has 1 rings (SSSR count). The Kier molecular flexibility index (Phi) is 4.90. The third kappa shape index (κ3) is 3.81. The molecular weight excluding hydrogens is 182 g/mol. The Morgan fingerprint density at radius 2 is 2.00 bits per heavy atom. The Morgan fingerprint density at radius 3 is 2.54 bits per heavy atom. The van der Waals surface area contributed by atoms with Gasteiger partial charge in [0, 0.05) is 18.3 Å². The Bertz CT molecular complexity index is 224. The van der Waals surface area contributed by atoms with Crippen LogP contribution in [0.1, 0.15) is 5.56 Å². The van der Waals surface area contributed by atoms with Gasteiger partial charge in [0.2, 0.25) is 0 Å². The minimum atomic E-state index is 0.0866. The van der Waals surface area contributed by atoms with Crippen molar-refractivity contribution in [3.05, 3.63) is 35.9 Å². The fourth-order valence-electron chi connectivity index (χ4n) is 1.04. The van der Waals surface area contributed by atoms with E-state index in [2.05, 4.69) is 30.1 Å². The van der Waals surface area contributed by atoms with Crippen LogP contribution in [0.25, 0.3) is 0 Å². The fraction of sp³-hybridized carbons (Fsp3) is 0.400. The lowest BCUT2D eigenvalue weighted by atomic mass is 10.2. The summed E-state index contributed by atoms with van der Waals surface area (Å²) in [6.07, 6.45) is 0. The highest BCUT2D eigenvalue weighted by atomic mass is 32.1. The molecule has 0 aliphatic carbocycles. The third-order valence-corrected chi connectivity index (χ3v) is 2.32. The molecule has 1 aromatic rings. The quantitative estimate of drug-likeness (QED) is 0.617. The molecule has 13 heavy (non-hydrogen) atoms. The molecule has 0 aliphatic rings. The molecule has 2 nitrogen and oxygen atoms in total. The number of hydrogen-bond donors (Lipinski definition) is 3. The molecule has 0 spiro atoms. The minimum Gasteiger partial charge on any atom is -0.395 e. The van der Waals surface area contributed by atoms with E-state index in [9.17, 15) is 0 Å². The minimum absolute atomic E-state index is 0.0866. The summed E-state index contributed by atoms with van der Waals surface area (Å²) in [4.78, 5) is 0. The molecule has 1 atom stereocenters. The lowest BCUT2D eigenvalue weighted by Gasteiger charge is -2.13. The molecule has 0 unspecified atom stereocenters. The number of nitrogens with one attached hydrogen (secondary N) is 1. The average Bonchev–Trinajstić information content (AvgIpc) is 2.21. The monoisotopic (exact) mass is 197 g/mol. The van der Waals surface area contributed by atoms with Crippen LogP contribution in [0.15, 0.2) is 30.3 Å². The van der Waals surface area contributed by atoms with Crippen molar-refractivity contribution < 1.29 is 5.11 Å².